The maximum atomic E-state index is 12.4. The van der Waals surface area contributed by atoms with Gasteiger partial charge in [-0.3, -0.25) is 4.79 Å². The summed E-state index contributed by atoms with van der Waals surface area (Å²) in [6, 6.07) is 0. The second kappa shape index (κ2) is 10.4. The van der Waals surface area contributed by atoms with Gasteiger partial charge in [0.1, 0.15) is 5.78 Å². The minimum absolute atomic E-state index is 0.305. The van der Waals surface area contributed by atoms with E-state index in [4.69, 9.17) is 0 Å². The lowest BCUT2D eigenvalue weighted by molar-refractivity contribution is -0.123. The summed E-state index contributed by atoms with van der Waals surface area (Å²) >= 11 is 0. The van der Waals surface area contributed by atoms with E-state index in [1.165, 1.54) is 44.9 Å². The molecule has 1 aliphatic rings. The lowest BCUT2D eigenvalue weighted by Crippen LogP contribution is -2.33. The zero-order valence-electron chi connectivity index (χ0n) is 13.1. The number of hydrogen-bond donors (Lipinski definition) is 0. The highest BCUT2D eigenvalue weighted by Gasteiger charge is 2.20. The molecule has 1 aliphatic carbocycles. The molecule has 0 spiro atoms. The second-order valence-electron chi connectivity index (χ2n) is 6.02. The van der Waals surface area contributed by atoms with Crippen LogP contribution < -0.4 is 0 Å². The van der Waals surface area contributed by atoms with Crippen molar-refractivity contribution in [2.75, 3.05) is 19.6 Å². The summed E-state index contributed by atoms with van der Waals surface area (Å²) in [6.07, 6.45) is 12.4. The Bertz CT molecular complexity index is 235. The minimum Gasteiger partial charge on any atom is -0.303 e. The van der Waals surface area contributed by atoms with E-state index in [1.54, 1.807) is 0 Å². The van der Waals surface area contributed by atoms with Gasteiger partial charge in [0.25, 0.3) is 0 Å². The van der Waals surface area contributed by atoms with Crippen molar-refractivity contribution >= 4 is 5.78 Å². The predicted octanol–water partition coefficient (Wildman–Crippen LogP) is 4.43. The molecule has 0 radical (unpaired) electrons. The molecule has 1 fully saturated rings. The van der Waals surface area contributed by atoms with Gasteiger partial charge in [0.05, 0.1) is 0 Å². The third-order valence-corrected chi connectivity index (χ3v) is 4.55. The van der Waals surface area contributed by atoms with E-state index in [2.05, 4.69) is 18.7 Å². The first-order valence-electron chi connectivity index (χ1n) is 8.53. The monoisotopic (exact) mass is 267 g/mol. The SMILES string of the molecule is CCN(CC)C[C@H]1CCCCCCCCCCC1=O. The maximum absolute atomic E-state index is 12.4. The molecule has 0 bridgehead atoms. The molecule has 0 amide bonds. The molecule has 0 unspecified atom stereocenters. The standard InChI is InChI=1S/C17H33NO/c1-3-18(4-2)15-16-13-11-9-7-5-6-8-10-12-14-17(16)19/h16H,3-15H2,1-2H3/t16-/m1/s1. The highest BCUT2D eigenvalue weighted by Crippen LogP contribution is 2.19. The van der Waals surface area contributed by atoms with Crippen LogP contribution in [0.4, 0.5) is 0 Å². The molecule has 2 heteroatoms. The van der Waals surface area contributed by atoms with Crippen LogP contribution in [-0.2, 0) is 4.79 Å². The molecule has 2 nitrogen and oxygen atoms in total. The Morgan fingerprint density at radius 3 is 2.00 bits per heavy atom. The number of Topliss-reactive ketones (excluding diaryl/α,β-unsaturated/α-hetero) is 1. The van der Waals surface area contributed by atoms with E-state index in [-0.39, 0.29) is 0 Å². The van der Waals surface area contributed by atoms with E-state index in [9.17, 15) is 4.79 Å². The highest BCUT2D eigenvalue weighted by atomic mass is 16.1. The second-order valence-corrected chi connectivity index (χ2v) is 6.02. The summed E-state index contributed by atoms with van der Waals surface area (Å²) in [7, 11) is 0. The summed E-state index contributed by atoms with van der Waals surface area (Å²) in [4.78, 5) is 14.8. The van der Waals surface area contributed by atoms with Crippen LogP contribution in [-0.4, -0.2) is 30.3 Å². The molecule has 0 aliphatic heterocycles. The van der Waals surface area contributed by atoms with Crippen molar-refractivity contribution in [3.05, 3.63) is 0 Å². The molecule has 0 heterocycles. The molecule has 112 valence electrons. The van der Waals surface area contributed by atoms with Crippen molar-refractivity contribution in [1.29, 1.82) is 0 Å². The van der Waals surface area contributed by atoms with Gasteiger partial charge in [0.15, 0.2) is 0 Å². The number of hydrogen-bond acceptors (Lipinski definition) is 2. The number of ketones is 1. The summed E-state index contributed by atoms with van der Waals surface area (Å²) < 4.78 is 0. The molecule has 0 aromatic heterocycles. The quantitative estimate of drug-likeness (QED) is 0.751. The van der Waals surface area contributed by atoms with Crippen LogP contribution in [0.3, 0.4) is 0 Å². The van der Waals surface area contributed by atoms with Gasteiger partial charge in [-0.1, -0.05) is 58.8 Å². The zero-order valence-corrected chi connectivity index (χ0v) is 13.1. The molecule has 1 saturated carbocycles. The Balaban J connectivity index is 2.48. The van der Waals surface area contributed by atoms with E-state index < -0.39 is 0 Å². The van der Waals surface area contributed by atoms with Crippen LogP contribution >= 0.6 is 0 Å². The first-order chi connectivity index (χ1) is 9.27. The van der Waals surface area contributed by atoms with E-state index >= 15 is 0 Å². The summed E-state index contributed by atoms with van der Waals surface area (Å²) in [5.41, 5.74) is 0. The van der Waals surface area contributed by atoms with Crippen molar-refractivity contribution in [1.82, 2.24) is 4.90 Å². The summed E-state index contributed by atoms with van der Waals surface area (Å²) in [5, 5.41) is 0. The topological polar surface area (TPSA) is 20.3 Å². The summed E-state index contributed by atoms with van der Waals surface area (Å²) in [6.45, 7) is 7.53. The van der Waals surface area contributed by atoms with Gasteiger partial charge in [-0.05, 0) is 25.9 Å². The highest BCUT2D eigenvalue weighted by molar-refractivity contribution is 5.81. The van der Waals surface area contributed by atoms with Crippen molar-refractivity contribution < 1.29 is 4.79 Å². The Hall–Kier alpha value is -0.370. The van der Waals surface area contributed by atoms with Crippen LogP contribution in [0.5, 0.6) is 0 Å². The van der Waals surface area contributed by atoms with Crippen molar-refractivity contribution in [3.8, 4) is 0 Å². The van der Waals surface area contributed by atoms with Crippen LogP contribution in [0.2, 0.25) is 0 Å². The van der Waals surface area contributed by atoms with Gasteiger partial charge in [-0.15, -0.1) is 0 Å². The number of carbonyl (C=O) groups is 1. The largest absolute Gasteiger partial charge is 0.303 e. The first kappa shape index (κ1) is 16.7. The van der Waals surface area contributed by atoms with Gasteiger partial charge in [-0.25, -0.2) is 0 Å². The fourth-order valence-corrected chi connectivity index (χ4v) is 3.10. The van der Waals surface area contributed by atoms with E-state index in [0.29, 0.717) is 11.7 Å². The third kappa shape index (κ3) is 7.10. The zero-order chi connectivity index (χ0) is 13.9. The van der Waals surface area contributed by atoms with Gasteiger partial charge >= 0.3 is 0 Å². The first-order valence-corrected chi connectivity index (χ1v) is 8.53. The molecule has 0 saturated heterocycles. The molecular weight excluding hydrogens is 234 g/mol. The molecule has 0 N–H and O–H groups in total. The van der Waals surface area contributed by atoms with Crippen LogP contribution in [0, 0.1) is 5.92 Å². The average Bonchev–Trinajstić information content (AvgIpc) is 2.42. The normalized spacial score (nSPS) is 23.9. The number of rotatable bonds is 4. The van der Waals surface area contributed by atoms with Gasteiger partial charge in [0.2, 0.25) is 0 Å². The smallest absolute Gasteiger partial charge is 0.137 e. The molecule has 0 aromatic carbocycles. The molecule has 19 heavy (non-hydrogen) atoms. The lowest BCUT2D eigenvalue weighted by atomic mass is 9.91. The van der Waals surface area contributed by atoms with Gasteiger partial charge in [0, 0.05) is 18.9 Å². The average molecular weight is 267 g/mol. The van der Waals surface area contributed by atoms with Crippen molar-refractivity contribution in [2.24, 2.45) is 5.92 Å². The minimum atomic E-state index is 0.305. The van der Waals surface area contributed by atoms with E-state index in [1.807, 2.05) is 0 Å². The molecular formula is C17H33NO. The summed E-state index contributed by atoms with van der Waals surface area (Å²) in [5.74, 6) is 0.840. The third-order valence-electron chi connectivity index (χ3n) is 4.55. The molecule has 1 atom stereocenters. The Morgan fingerprint density at radius 1 is 0.895 bits per heavy atom. The lowest BCUT2D eigenvalue weighted by Gasteiger charge is -2.25. The fourth-order valence-electron chi connectivity index (χ4n) is 3.10. The Kier molecular flexibility index (Phi) is 9.15. The van der Waals surface area contributed by atoms with Crippen molar-refractivity contribution in [2.45, 2.75) is 78.1 Å². The van der Waals surface area contributed by atoms with Crippen LogP contribution in [0.1, 0.15) is 78.1 Å². The number of nitrogens with zero attached hydrogens (tertiary/aromatic N) is 1. The Labute approximate surface area is 119 Å². The fraction of sp³-hybridized carbons (Fsp3) is 0.941. The molecule has 0 aromatic rings. The van der Waals surface area contributed by atoms with Gasteiger partial charge < -0.3 is 4.90 Å². The molecule has 1 rings (SSSR count). The van der Waals surface area contributed by atoms with E-state index in [0.717, 1.165) is 38.9 Å². The van der Waals surface area contributed by atoms with Crippen molar-refractivity contribution in [3.63, 3.8) is 0 Å². The van der Waals surface area contributed by atoms with Crippen LogP contribution in [0.15, 0.2) is 0 Å². The predicted molar refractivity (Wildman–Crippen MR) is 82.5 cm³/mol. The maximum Gasteiger partial charge on any atom is 0.137 e. The van der Waals surface area contributed by atoms with Crippen LogP contribution in [0.25, 0.3) is 0 Å². The Morgan fingerprint density at radius 2 is 1.42 bits per heavy atom. The van der Waals surface area contributed by atoms with Gasteiger partial charge in [-0.2, -0.15) is 0 Å². The number of carbonyl (C=O) groups excluding carboxylic acids is 1.